The number of carbonyl (C=O) groups excluding carboxylic acids is 1. The van der Waals surface area contributed by atoms with Gasteiger partial charge in [0.15, 0.2) is 0 Å². The van der Waals surface area contributed by atoms with Crippen molar-refractivity contribution in [1.29, 1.82) is 0 Å². The Morgan fingerprint density at radius 2 is 1.59 bits per heavy atom. The monoisotopic (exact) mass is 260 g/mol. The van der Waals surface area contributed by atoms with E-state index in [0.29, 0.717) is 32.0 Å². The van der Waals surface area contributed by atoms with Crippen molar-refractivity contribution in [3.63, 3.8) is 0 Å². The van der Waals surface area contributed by atoms with E-state index in [0.717, 1.165) is 6.42 Å². The fourth-order valence-corrected chi connectivity index (χ4v) is 5.93. The molecule has 1 rings (SSSR count). The molecular weight excluding hydrogens is 236 g/mol. The first-order chi connectivity index (χ1) is 8.11. The lowest BCUT2D eigenvalue weighted by Crippen LogP contribution is -2.51. The Labute approximate surface area is 105 Å². The van der Waals surface area contributed by atoms with Crippen LogP contribution in [0.15, 0.2) is 0 Å². The highest BCUT2D eigenvalue weighted by Crippen LogP contribution is 2.42. The largest absolute Gasteiger partial charge is 0.504 e. The van der Waals surface area contributed by atoms with Crippen molar-refractivity contribution in [2.24, 2.45) is 5.92 Å². The van der Waals surface area contributed by atoms with Crippen molar-refractivity contribution in [2.75, 3.05) is 19.8 Å². The molecule has 5 heteroatoms. The summed E-state index contributed by atoms with van der Waals surface area (Å²) >= 11 is 0. The summed E-state index contributed by atoms with van der Waals surface area (Å²) < 4.78 is 17.6. The lowest BCUT2D eigenvalue weighted by molar-refractivity contribution is -0.120. The summed E-state index contributed by atoms with van der Waals surface area (Å²) in [7, 11) is -2.69. The van der Waals surface area contributed by atoms with Crippen LogP contribution in [0.1, 0.15) is 40.5 Å². The Morgan fingerprint density at radius 3 is 1.88 bits per heavy atom. The number of ketones is 1. The third-order valence-corrected chi connectivity index (χ3v) is 7.07. The fraction of sp³-hybridized carbons (Fsp3) is 0.917. The van der Waals surface area contributed by atoms with Gasteiger partial charge in [-0.25, -0.2) is 0 Å². The molecule has 0 spiro atoms. The molecule has 100 valence electrons. The van der Waals surface area contributed by atoms with Gasteiger partial charge in [0.25, 0.3) is 0 Å². The van der Waals surface area contributed by atoms with Crippen LogP contribution in [-0.4, -0.2) is 34.4 Å². The lowest BCUT2D eigenvalue weighted by atomic mass is 10.1. The zero-order chi connectivity index (χ0) is 12.9. The van der Waals surface area contributed by atoms with Crippen LogP contribution >= 0.6 is 0 Å². The summed E-state index contributed by atoms with van der Waals surface area (Å²) in [5.41, 5.74) is 0.134. The molecule has 0 N–H and O–H groups in total. The Hall–Kier alpha value is -0.233. The van der Waals surface area contributed by atoms with Crippen LogP contribution in [0.5, 0.6) is 0 Å². The predicted molar refractivity (Wildman–Crippen MR) is 67.8 cm³/mol. The average Bonchev–Trinajstić information content (AvgIpc) is 2.61. The SMILES string of the molecule is CCO[Si](OCC)(OCC)C1CCC(=O)C1C. The highest BCUT2D eigenvalue weighted by Gasteiger charge is 2.55. The summed E-state index contributed by atoms with van der Waals surface area (Å²) in [5.74, 6) is 0.317. The molecule has 0 saturated heterocycles. The van der Waals surface area contributed by atoms with Crippen LogP contribution in [0.2, 0.25) is 5.54 Å². The Balaban J connectivity index is 2.89. The number of rotatable bonds is 7. The third kappa shape index (κ3) is 3.16. The Morgan fingerprint density at radius 1 is 1.12 bits per heavy atom. The first kappa shape index (κ1) is 14.8. The van der Waals surface area contributed by atoms with Gasteiger partial charge >= 0.3 is 8.80 Å². The van der Waals surface area contributed by atoms with E-state index in [1.807, 2.05) is 27.7 Å². The minimum absolute atomic E-state index is 0.00585. The van der Waals surface area contributed by atoms with Crippen LogP contribution in [0.4, 0.5) is 0 Å². The predicted octanol–water partition coefficient (Wildman–Crippen LogP) is 2.40. The van der Waals surface area contributed by atoms with E-state index in [-0.39, 0.29) is 11.5 Å². The summed E-state index contributed by atoms with van der Waals surface area (Å²) in [6.45, 7) is 9.53. The fourth-order valence-electron chi connectivity index (χ4n) is 2.53. The van der Waals surface area contributed by atoms with Crippen LogP contribution in [0.3, 0.4) is 0 Å². The topological polar surface area (TPSA) is 44.8 Å². The van der Waals surface area contributed by atoms with Crippen molar-refractivity contribution in [2.45, 2.75) is 46.1 Å². The van der Waals surface area contributed by atoms with Crippen molar-refractivity contribution in [3.8, 4) is 0 Å². The second kappa shape index (κ2) is 6.63. The molecule has 0 bridgehead atoms. The average molecular weight is 260 g/mol. The standard InChI is InChI=1S/C12H24O4Si/c1-5-14-17(15-6-2,16-7-3)12-9-8-11(13)10(12)4/h10,12H,5-9H2,1-4H3. The molecule has 0 amide bonds. The molecule has 1 aliphatic carbocycles. The van der Waals surface area contributed by atoms with Crippen LogP contribution in [0.25, 0.3) is 0 Å². The molecule has 0 aromatic heterocycles. The van der Waals surface area contributed by atoms with Crippen molar-refractivity contribution in [3.05, 3.63) is 0 Å². The van der Waals surface area contributed by atoms with Gasteiger partial charge in [-0.3, -0.25) is 4.79 Å². The number of Topliss-reactive ketones (excluding diaryl/α,β-unsaturated/α-hetero) is 1. The summed E-state index contributed by atoms with van der Waals surface area (Å²) in [6.07, 6.45) is 1.47. The first-order valence-electron chi connectivity index (χ1n) is 6.55. The number of hydrogen-bond acceptors (Lipinski definition) is 4. The normalized spacial score (nSPS) is 25.5. The Bertz CT molecular complexity index is 240. The maximum Gasteiger partial charge on any atom is 0.504 e. The molecule has 1 aliphatic rings. The van der Waals surface area contributed by atoms with Gasteiger partial charge in [-0.1, -0.05) is 6.92 Å². The molecule has 0 heterocycles. The molecule has 1 saturated carbocycles. The van der Waals surface area contributed by atoms with Gasteiger partial charge in [0.2, 0.25) is 0 Å². The minimum Gasteiger partial charge on any atom is -0.374 e. The smallest absolute Gasteiger partial charge is 0.374 e. The maximum atomic E-state index is 11.7. The van der Waals surface area contributed by atoms with Gasteiger partial charge in [-0.05, 0) is 27.2 Å². The van der Waals surface area contributed by atoms with Crippen LogP contribution in [-0.2, 0) is 18.1 Å². The van der Waals surface area contributed by atoms with E-state index in [2.05, 4.69) is 0 Å². The minimum atomic E-state index is -2.69. The summed E-state index contributed by atoms with van der Waals surface area (Å²) in [4.78, 5) is 11.7. The highest BCUT2D eigenvalue weighted by molar-refractivity contribution is 6.63. The quantitative estimate of drug-likeness (QED) is 0.659. The molecule has 0 aromatic carbocycles. The molecule has 4 nitrogen and oxygen atoms in total. The zero-order valence-corrected chi connectivity index (χ0v) is 12.3. The van der Waals surface area contributed by atoms with Gasteiger partial charge in [-0.15, -0.1) is 0 Å². The van der Waals surface area contributed by atoms with E-state index < -0.39 is 8.80 Å². The van der Waals surface area contributed by atoms with Gasteiger partial charge in [0.1, 0.15) is 5.78 Å². The highest BCUT2D eigenvalue weighted by atomic mass is 28.4. The van der Waals surface area contributed by atoms with E-state index in [4.69, 9.17) is 13.3 Å². The number of hydrogen-bond donors (Lipinski definition) is 0. The first-order valence-corrected chi connectivity index (χ1v) is 8.36. The van der Waals surface area contributed by atoms with E-state index in [1.165, 1.54) is 0 Å². The summed E-state index contributed by atoms with van der Waals surface area (Å²) in [6, 6.07) is 0. The van der Waals surface area contributed by atoms with Gasteiger partial charge in [-0.2, -0.15) is 0 Å². The van der Waals surface area contributed by atoms with Crippen LogP contribution < -0.4 is 0 Å². The third-order valence-electron chi connectivity index (χ3n) is 3.30. The molecule has 0 aliphatic heterocycles. The summed E-state index contributed by atoms with van der Waals surface area (Å²) in [5, 5.41) is 0. The van der Waals surface area contributed by atoms with Crippen molar-refractivity contribution >= 4 is 14.6 Å². The van der Waals surface area contributed by atoms with E-state index in [9.17, 15) is 4.79 Å². The van der Waals surface area contributed by atoms with Crippen LogP contribution in [0, 0.1) is 5.92 Å². The van der Waals surface area contributed by atoms with E-state index in [1.54, 1.807) is 0 Å². The van der Waals surface area contributed by atoms with Crippen molar-refractivity contribution in [1.82, 2.24) is 0 Å². The Kier molecular flexibility index (Phi) is 5.79. The van der Waals surface area contributed by atoms with Gasteiger partial charge < -0.3 is 13.3 Å². The van der Waals surface area contributed by atoms with Crippen molar-refractivity contribution < 1.29 is 18.1 Å². The second-order valence-corrected chi connectivity index (χ2v) is 7.12. The molecule has 1 fully saturated rings. The van der Waals surface area contributed by atoms with Gasteiger partial charge in [0, 0.05) is 37.7 Å². The van der Waals surface area contributed by atoms with E-state index >= 15 is 0 Å². The molecule has 2 unspecified atom stereocenters. The zero-order valence-electron chi connectivity index (χ0n) is 11.3. The number of carbonyl (C=O) groups is 1. The molecule has 17 heavy (non-hydrogen) atoms. The molecule has 0 aromatic rings. The second-order valence-electron chi connectivity index (χ2n) is 4.30. The van der Waals surface area contributed by atoms with Gasteiger partial charge in [0.05, 0.1) is 0 Å². The molecular formula is C12H24O4Si. The molecule has 0 radical (unpaired) electrons. The lowest BCUT2D eigenvalue weighted by Gasteiger charge is -2.34. The molecule has 2 atom stereocenters. The maximum absolute atomic E-state index is 11.7.